The van der Waals surface area contributed by atoms with Crippen LogP contribution in [0.25, 0.3) is 11.0 Å². The van der Waals surface area contributed by atoms with Crippen LogP contribution in [0.2, 0.25) is 0 Å². The van der Waals surface area contributed by atoms with Crippen LogP contribution in [0.3, 0.4) is 0 Å². The fraction of sp³-hybridized carbons (Fsp3) is 0.400. The molecule has 3 aromatic rings. The Balaban J connectivity index is 1.76. The molecule has 1 atom stereocenters. The van der Waals surface area contributed by atoms with E-state index in [9.17, 15) is 28.0 Å². The first-order valence-electron chi connectivity index (χ1n) is 11.6. The maximum absolute atomic E-state index is 14.7. The molecular weight excluding hydrogens is 473 g/mol. The van der Waals surface area contributed by atoms with Gasteiger partial charge in [-0.05, 0) is 31.7 Å². The van der Waals surface area contributed by atoms with E-state index in [2.05, 4.69) is 15.3 Å². The van der Waals surface area contributed by atoms with E-state index in [0.717, 1.165) is 6.07 Å². The topological polar surface area (TPSA) is 104 Å². The minimum atomic E-state index is -2.95. The molecule has 4 rings (SSSR count). The van der Waals surface area contributed by atoms with Gasteiger partial charge in [0, 0.05) is 31.1 Å². The van der Waals surface area contributed by atoms with Gasteiger partial charge in [-0.1, -0.05) is 18.2 Å². The van der Waals surface area contributed by atoms with E-state index in [1.54, 1.807) is 17.9 Å². The molecule has 1 aromatic carbocycles. The van der Waals surface area contributed by atoms with Crippen molar-refractivity contribution in [1.82, 2.24) is 19.4 Å². The Labute approximate surface area is 205 Å². The fourth-order valence-electron chi connectivity index (χ4n) is 4.69. The summed E-state index contributed by atoms with van der Waals surface area (Å²) in [6.45, 7) is 3.93. The molecule has 1 amide bonds. The molecule has 0 bridgehead atoms. The summed E-state index contributed by atoms with van der Waals surface area (Å²) in [5, 5.41) is 12.9. The predicted octanol–water partition coefficient (Wildman–Crippen LogP) is 4.29. The Bertz CT molecular complexity index is 1390. The number of nitrogens with zero attached hydrogens (tertiary/aromatic N) is 5. The molecule has 2 aromatic heterocycles. The average molecular weight is 499 g/mol. The number of aromatic nitrogens is 3. The molecule has 0 aliphatic carbocycles. The molecule has 188 valence electrons. The van der Waals surface area contributed by atoms with E-state index in [-0.39, 0.29) is 41.0 Å². The number of hydrogen-bond acceptors (Lipinski definition) is 6. The van der Waals surface area contributed by atoms with Crippen molar-refractivity contribution in [3.63, 3.8) is 0 Å². The van der Waals surface area contributed by atoms with Gasteiger partial charge < -0.3 is 10.2 Å². The van der Waals surface area contributed by atoms with Crippen molar-refractivity contribution in [3.05, 3.63) is 63.5 Å². The van der Waals surface area contributed by atoms with E-state index in [1.807, 2.05) is 6.07 Å². The molecule has 0 radical (unpaired) electrons. The Hall–Kier alpha value is -3.94. The first-order chi connectivity index (χ1) is 17.2. The number of halogens is 3. The van der Waals surface area contributed by atoms with Crippen LogP contribution in [-0.2, 0) is 11.3 Å². The quantitative estimate of drug-likeness (QED) is 0.544. The van der Waals surface area contributed by atoms with Crippen LogP contribution < -0.4 is 10.9 Å². The van der Waals surface area contributed by atoms with Crippen molar-refractivity contribution in [3.8, 4) is 6.07 Å². The number of fused-ring (bicyclic) bond motifs is 1. The zero-order chi connectivity index (χ0) is 26.0. The molecular formula is C25H25F3N6O2. The minimum absolute atomic E-state index is 0.0223. The van der Waals surface area contributed by atoms with Crippen molar-refractivity contribution >= 4 is 22.8 Å². The maximum Gasteiger partial charge on any atom is 0.266 e. The molecule has 1 fully saturated rings. The summed E-state index contributed by atoms with van der Waals surface area (Å²) in [5.41, 5.74) is -0.258. The number of pyridine rings is 1. The number of piperidine rings is 1. The summed E-state index contributed by atoms with van der Waals surface area (Å²) in [5.74, 6) is -0.868. The van der Waals surface area contributed by atoms with Gasteiger partial charge in [-0.2, -0.15) is 5.26 Å². The monoisotopic (exact) mass is 498 g/mol. The summed E-state index contributed by atoms with van der Waals surface area (Å²) < 4.78 is 42.4. The van der Waals surface area contributed by atoms with Crippen molar-refractivity contribution in [2.45, 2.75) is 51.6 Å². The molecule has 0 saturated carbocycles. The number of anilines is 1. The summed E-state index contributed by atoms with van der Waals surface area (Å²) in [6, 6.07) is 6.76. The number of benzene rings is 1. The van der Waals surface area contributed by atoms with Gasteiger partial charge in [0.1, 0.15) is 30.2 Å². The predicted molar refractivity (Wildman–Crippen MR) is 127 cm³/mol. The lowest BCUT2D eigenvalue weighted by atomic mass is 9.89. The van der Waals surface area contributed by atoms with Gasteiger partial charge in [-0.3, -0.25) is 14.2 Å². The highest BCUT2D eigenvalue weighted by molar-refractivity contribution is 5.87. The van der Waals surface area contributed by atoms with Crippen LogP contribution in [0.4, 0.5) is 19.0 Å². The molecule has 0 unspecified atom stereocenters. The SMILES string of the molecule is CC(=O)N1CCC(c2cc3c(N[C@H](C)c4cccc(C(F)F)c4F)ncnc3n(CC#N)c2=O)CC1. The normalized spacial score (nSPS) is 15.2. The van der Waals surface area contributed by atoms with E-state index >= 15 is 0 Å². The standard InChI is InChI=1S/C25H25F3N6O2/c1-14(17-4-3-5-18(21(17)26)22(27)28)32-23-20-12-19(16-6-9-33(10-7-16)15(2)35)25(36)34(11-8-29)24(20)31-13-30-23/h3-5,12-14,16,22H,6-7,9-11H2,1-2H3,(H,30,31,32)/t14-/m1/s1. The molecule has 1 aliphatic rings. The van der Waals surface area contributed by atoms with Gasteiger partial charge in [-0.15, -0.1) is 0 Å². The highest BCUT2D eigenvalue weighted by Crippen LogP contribution is 2.32. The molecule has 1 N–H and O–H groups in total. The lowest BCUT2D eigenvalue weighted by molar-refractivity contribution is -0.129. The van der Waals surface area contributed by atoms with Gasteiger partial charge in [0.25, 0.3) is 12.0 Å². The second kappa shape index (κ2) is 10.4. The highest BCUT2D eigenvalue weighted by Gasteiger charge is 2.27. The number of nitrogens with one attached hydrogen (secondary N) is 1. The summed E-state index contributed by atoms with van der Waals surface area (Å²) >= 11 is 0. The number of nitriles is 1. The number of amides is 1. The van der Waals surface area contributed by atoms with Crippen molar-refractivity contribution < 1.29 is 18.0 Å². The lowest BCUT2D eigenvalue weighted by Gasteiger charge is -2.31. The first kappa shape index (κ1) is 25.2. The summed E-state index contributed by atoms with van der Waals surface area (Å²) in [6.07, 6.45) is -0.548. The summed E-state index contributed by atoms with van der Waals surface area (Å²) in [4.78, 5) is 35.2. The first-order valence-corrected chi connectivity index (χ1v) is 11.6. The number of carbonyl (C=O) groups excluding carboxylic acids is 1. The van der Waals surface area contributed by atoms with E-state index in [1.165, 1.54) is 30.0 Å². The highest BCUT2D eigenvalue weighted by atomic mass is 19.3. The third-order valence-corrected chi connectivity index (χ3v) is 6.63. The van der Waals surface area contributed by atoms with Crippen LogP contribution in [0, 0.1) is 17.1 Å². The average Bonchev–Trinajstić information content (AvgIpc) is 2.85. The zero-order valence-electron chi connectivity index (χ0n) is 19.8. The number of alkyl halides is 2. The van der Waals surface area contributed by atoms with E-state index in [0.29, 0.717) is 36.9 Å². The molecule has 11 heteroatoms. The van der Waals surface area contributed by atoms with Gasteiger partial charge in [0.05, 0.1) is 23.1 Å². The van der Waals surface area contributed by atoms with Gasteiger partial charge in [0.15, 0.2) is 0 Å². The van der Waals surface area contributed by atoms with E-state index < -0.39 is 23.8 Å². The van der Waals surface area contributed by atoms with Crippen molar-refractivity contribution in [2.75, 3.05) is 18.4 Å². The Morgan fingerprint density at radius 3 is 2.58 bits per heavy atom. The van der Waals surface area contributed by atoms with Gasteiger partial charge in [-0.25, -0.2) is 23.1 Å². The zero-order valence-corrected chi connectivity index (χ0v) is 19.8. The Kier molecular flexibility index (Phi) is 7.24. The van der Waals surface area contributed by atoms with Crippen molar-refractivity contribution in [1.29, 1.82) is 5.26 Å². The van der Waals surface area contributed by atoms with E-state index in [4.69, 9.17) is 0 Å². The number of likely N-dealkylation sites (tertiary alicyclic amines) is 1. The number of carbonyl (C=O) groups is 1. The number of rotatable bonds is 6. The van der Waals surface area contributed by atoms with Crippen LogP contribution in [-0.4, -0.2) is 38.4 Å². The third kappa shape index (κ3) is 4.76. The largest absolute Gasteiger partial charge is 0.363 e. The van der Waals surface area contributed by atoms with Gasteiger partial charge >= 0.3 is 0 Å². The molecule has 8 nitrogen and oxygen atoms in total. The van der Waals surface area contributed by atoms with Crippen LogP contribution >= 0.6 is 0 Å². The molecule has 1 saturated heterocycles. The second-order valence-electron chi connectivity index (χ2n) is 8.81. The molecule has 0 spiro atoms. The molecule has 3 heterocycles. The van der Waals surface area contributed by atoms with Crippen LogP contribution in [0.5, 0.6) is 0 Å². The smallest absolute Gasteiger partial charge is 0.266 e. The summed E-state index contributed by atoms with van der Waals surface area (Å²) in [7, 11) is 0. The van der Waals surface area contributed by atoms with Crippen molar-refractivity contribution in [2.24, 2.45) is 0 Å². The third-order valence-electron chi connectivity index (χ3n) is 6.63. The van der Waals surface area contributed by atoms with Crippen LogP contribution in [0.15, 0.2) is 35.4 Å². The Morgan fingerprint density at radius 2 is 1.94 bits per heavy atom. The van der Waals surface area contributed by atoms with Crippen LogP contribution in [0.1, 0.15) is 61.8 Å². The second-order valence-corrected chi connectivity index (χ2v) is 8.81. The lowest BCUT2D eigenvalue weighted by Crippen LogP contribution is -2.38. The Morgan fingerprint density at radius 1 is 1.25 bits per heavy atom. The van der Waals surface area contributed by atoms with Gasteiger partial charge in [0.2, 0.25) is 5.91 Å². The fourth-order valence-corrected chi connectivity index (χ4v) is 4.69. The minimum Gasteiger partial charge on any atom is -0.363 e. The molecule has 36 heavy (non-hydrogen) atoms. The number of hydrogen-bond donors (Lipinski definition) is 1. The molecule has 1 aliphatic heterocycles. The maximum atomic E-state index is 14.7.